The van der Waals surface area contributed by atoms with Crippen molar-refractivity contribution in [2.75, 3.05) is 13.2 Å². The molecule has 1 saturated heterocycles. The van der Waals surface area contributed by atoms with Crippen LogP contribution < -0.4 is 0 Å². The van der Waals surface area contributed by atoms with Gasteiger partial charge in [-0.05, 0) is 6.42 Å². The largest absolute Gasteiger partial charge is 0.461 e. The SMILES string of the molecule is CCCCCCCCCCCC(=O)OCC1(COI)CCC(=O)O1. The molecule has 0 amide bonds. The number of hydrogen-bond donors (Lipinski definition) is 0. The van der Waals surface area contributed by atoms with Crippen LogP contribution in [0.3, 0.4) is 0 Å². The fraction of sp³-hybridized carbons (Fsp3) is 0.889. The summed E-state index contributed by atoms with van der Waals surface area (Å²) >= 11 is 1.77. The maximum absolute atomic E-state index is 11.8. The van der Waals surface area contributed by atoms with E-state index in [1.807, 2.05) is 0 Å². The first-order chi connectivity index (χ1) is 11.6. The molecular weight excluding hydrogens is 423 g/mol. The van der Waals surface area contributed by atoms with Crippen LogP contribution in [0.15, 0.2) is 0 Å². The molecule has 1 fully saturated rings. The Hall–Kier alpha value is -0.370. The van der Waals surface area contributed by atoms with Gasteiger partial charge in [0, 0.05) is 19.3 Å². The van der Waals surface area contributed by atoms with Gasteiger partial charge in [0.15, 0.2) is 5.60 Å². The summed E-state index contributed by atoms with van der Waals surface area (Å²) in [4.78, 5) is 23.1. The number of hydrogen-bond acceptors (Lipinski definition) is 5. The van der Waals surface area contributed by atoms with E-state index in [0.29, 0.717) is 19.3 Å². The molecule has 1 atom stereocenters. The molecule has 5 nitrogen and oxygen atoms in total. The molecule has 140 valence electrons. The van der Waals surface area contributed by atoms with Crippen LogP contribution >= 0.6 is 23.0 Å². The number of esters is 2. The van der Waals surface area contributed by atoms with E-state index in [2.05, 4.69) is 6.92 Å². The third-order valence-electron chi connectivity index (χ3n) is 4.41. The molecule has 0 radical (unpaired) electrons. The number of carbonyl (C=O) groups excluding carboxylic acids is 2. The first-order valence-corrected chi connectivity index (χ1v) is 10.1. The number of carbonyl (C=O) groups is 2. The monoisotopic (exact) mass is 454 g/mol. The lowest BCUT2D eigenvalue weighted by Gasteiger charge is -2.25. The van der Waals surface area contributed by atoms with Crippen molar-refractivity contribution in [3.8, 4) is 0 Å². The van der Waals surface area contributed by atoms with Crippen LogP contribution in [-0.4, -0.2) is 30.8 Å². The van der Waals surface area contributed by atoms with Gasteiger partial charge in [-0.25, -0.2) is 0 Å². The fourth-order valence-electron chi connectivity index (χ4n) is 2.88. The minimum atomic E-state index is -0.785. The predicted molar refractivity (Wildman–Crippen MR) is 101 cm³/mol. The van der Waals surface area contributed by atoms with Gasteiger partial charge in [0.25, 0.3) is 0 Å². The summed E-state index contributed by atoms with van der Waals surface area (Å²) in [6, 6.07) is 0. The van der Waals surface area contributed by atoms with Gasteiger partial charge in [-0.15, -0.1) is 0 Å². The van der Waals surface area contributed by atoms with Crippen molar-refractivity contribution in [2.24, 2.45) is 0 Å². The first kappa shape index (κ1) is 21.7. The van der Waals surface area contributed by atoms with Gasteiger partial charge in [-0.3, -0.25) is 9.59 Å². The van der Waals surface area contributed by atoms with Crippen LogP contribution in [0.1, 0.15) is 84.0 Å². The molecule has 0 spiro atoms. The summed E-state index contributed by atoms with van der Waals surface area (Å²) in [5, 5.41) is 0. The summed E-state index contributed by atoms with van der Waals surface area (Å²) in [7, 11) is 0. The molecule has 24 heavy (non-hydrogen) atoms. The predicted octanol–water partition coefficient (Wildman–Crippen LogP) is 4.89. The zero-order valence-electron chi connectivity index (χ0n) is 14.8. The Balaban J connectivity index is 2.04. The first-order valence-electron chi connectivity index (χ1n) is 9.23. The number of rotatable bonds is 14. The molecule has 1 aliphatic rings. The Morgan fingerprint density at radius 1 is 1.08 bits per heavy atom. The molecule has 0 N–H and O–H groups in total. The summed E-state index contributed by atoms with van der Waals surface area (Å²) in [6.07, 6.45) is 12.3. The van der Waals surface area contributed by atoms with Crippen LogP contribution in [-0.2, 0) is 22.1 Å². The highest BCUT2D eigenvalue weighted by Crippen LogP contribution is 2.28. The standard InChI is InChI=1S/C18H31IO5/c1-2-3-4-5-6-7-8-9-10-11-16(20)22-14-18(15-23-19)13-12-17(21)24-18/h2-15H2,1H3. The molecule has 0 bridgehead atoms. The molecule has 1 rings (SSSR count). The van der Waals surface area contributed by atoms with E-state index in [1.54, 1.807) is 23.0 Å². The van der Waals surface area contributed by atoms with Crippen molar-refractivity contribution in [3.05, 3.63) is 0 Å². The molecule has 0 aromatic rings. The molecule has 1 aliphatic heterocycles. The number of halogens is 1. The second-order valence-electron chi connectivity index (χ2n) is 6.65. The molecular formula is C18H31IO5. The van der Waals surface area contributed by atoms with Crippen LogP contribution in [0.25, 0.3) is 0 Å². The average Bonchev–Trinajstić information content (AvgIpc) is 2.93. The van der Waals surface area contributed by atoms with Crippen molar-refractivity contribution in [3.63, 3.8) is 0 Å². The Kier molecular flexibility index (Phi) is 11.7. The van der Waals surface area contributed by atoms with Gasteiger partial charge in [-0.1, -0.05) is 58.3 Å². The van der Waals surface area contributed by atoms with Crippen LogP contribution in [0.4, 0.5) is 0 Å². The zero-order valence-corrected chi connectivity index (χ0v) is 17.0. The van der Waals surface area contributed by atoms with Crippen molar-refractivity contribution in [1.29, 1.82) is 0 Å². The molecule has 0 aromatic carbocycles. The Morgan fingerprint density at radius 3 is 2.25 bits per heavy atom. The van der Waals surface area contributed by atoms with E-state index in [0.717, 1.165) is 12.8 Å². The van der Waals surface area contributed by atoms with Crippen molar-refractivity contribution in [2.45, 2.75) is 89.6 Å². The smallest absolute Gasteiger partial charge is 0.306 e. The van der Waals surface area contributed by atoms with Gasteiger partial charge in [0.2, 0.25) is 0 Å². The topological polar surface area (TPSA) is 61.8 Å². The fourth-order valence-corrected chi connectivity index (χ4v) is 3.45. The lowest BCUT2D eigenvalue weighted by Crippen LogP contribution is -2.39. The minimum absolute atomic E-state index is 0.0952. The van der Waals surface area contributed by atoms with E-state index in [4.69, 9.17) is 12.5 Å². The van der Waals surface area contributed by atoms with Gasteiger partial charge < -0.3 is 12.5 Å². The maximum Gasteiger partial charge on any atom is 0.306 e. The van der Waals surface area contributed by atoms with E-state index >= 15 is 0 Å². The molecule has 1 unspecified atom stereocenters. The highest BCUT2D eigenvalue weighted by Gasteiger charge is 2.42. The maximum atomic E-state index is 11.8. The van der Waals surface area contributed by atoms with E-state index in [-0.39, 0.29) is 25.2 Å². The highest BCUT2D eigenvalue weighted by atomic mass is 127. The van der Waals surface area contributed by atoms with Gasteiger partial charge >= 0.3 is 11.9 Å². The number of ether oxygens (including phenoxy) is 2. The molecule has 0 aromatic heterocycles. The van der Waals surface area contributed by atoms with Gasteiger partial charge in [-0.2, -0.15) is 0 Å². The van der Waals surface area contributed by atoms with Crippen molar-refractivity contribution < 1.29 is 22.1 Å². The van der Waals surface area contributed by atoms with Crippen molar-refractivity contribution >= 4 is 34.9 Å². The van der Waals surface area contributed by atoms with Crippen molar-refractivity contribution in [1.82, 2.24) is 0 Å². The van der Waals surface area contributed by atoms with E-state index in [1.165, 1.54) is 44.9 Å². The zero-order chi connectivity index (χ0) is 17.7. The third kappa shape index (κ3) is 9.20. The van der Waals surface area contributed by atoms with Crippen LogP contribution in [0, 0.1) is 0 Å². The quantitative estimate of drug-likeness (QED) is 0.212. The molecule has 1 heterocycles. The second kappa shape index (κ2) is 12.9. The lowest BCUT2D eigenvalue weighted by atomic mass is 10.0. The summed E-state index contributed by atoms with van der Waals surface area (Å²) in [6.45, 7) is 2.58. The Labute approximate surface area is 159 Å². The Bertz CT molecular complexity index is 374. The van der Waals surface area contributed by atoms with Gasteiger partial charge in [0.1, 0.15) is 36.2 Å². The summed E-state index contributed by atoms with van der Waals surface area (Å²) in [5.74, 6) is -0.466. The van der Waals surface area contributed by atoms with Crippen LogP contribution in [0.2, 0.25) is 0 Å². The molecule has 6 heteroatoms. The average molecular weight is 454 g/mol. The number of unbranched alkanes of at least 4 members (excludes halogenated alkanes) is 8. The lowest BCUT2D eigenvalue weighted by molar-refractivity contribution is -0.165. The second-order valence-corrected chi connectivity index (χ2v) is 7.27. The van der Waals surface area contributed by atoms with E-state index < -0.39 is 5.60 Å². The normalized spacial score (nSPS) is 20.2. The molecule has 0 saturated carbocycles. The molecule has 0 aliphatic carbocycles. The highest BCUT2D eigenvalue weighted by molar-refractivity contribution is 14.1. The van der Waals surface area contributed by atoms with Crippen LogP contribution in [0.5, 0.6) is 0 Å². The van der Waals surface area contributed by atoms with E-state index in [9.17, 15) is 9.59 Å². The summed E-state index contributed by atoms with van der Waals surface area (Å²) in [5.41, 5.74) is -0.785. The van der Waals surface area contributed by atoms with Gasteiger partial charge in [0.05, 0.1) is 0 Å². The summed E-state index contributed by atoms with van der Waals surface area (Å²) < 4.78 is 15.7. The third-order valence-corrected chi connectivity index (χ3v) is 4.72. The minimum Gasteiger partial charge on any atom is -0.461 e. The number of cyclic esters (lactones) is 1. The Morgan fingerprint density at radius 2 is 1.71 bits per heavy atom.